The van der Waals surface area contributed by atoms with Gasteiger partial charge in [0, 0.05) is 0 Å². The predicted octanol–water partition coefficient (Wildman–Crippen LogP) is 6.94. The molecule has 4 unspecified atom stereocenters. The number of hydrogen-bond acceptors (Lipinski definition) is 0. The van der Waals surface area contributed by atoms with Crippen molar-refractivity contribution < 1.29 is 0 Å². The van der Waals surface area contributed by atoms with E-state index < -0.39 is 0 Å². The molecule has 1 aliphatic rings. The van der Waals surface area contributed by atoms with Crippen LogP contribution < -0.4 is 0 Å². The van der Waals surface area contributed by atoms with Crippen LogP contribution in [0.2, 0.25) is 0 Å². The lowest BCUT2D eigenvalue weighted by Gasteiger charge is -2.57. The van der Waals surface area contributed by atoms with E-state index >= 15 is 0 Å². The third kappa shape index (κ3) is 3.80. The standard InChI is InChI=1S/C20H40/c1-9-12-16-13-17(18(16)15(4)5)20(8,11-3)14-19(6,7)10-2/h15-18H,9-14H2,1-8H3. The molecule has 0 heterocycles. The molecule has 0 bridgehead atoms. The molecule has 0 heteroatoms. The first-order chi connectivity index (χ1) is 9.20. The van der Waals surface area contributed by atoms with E-state index in [1.54, 1.807) is 0 Å². The summed E-state index contributed by atoms with van der Waals surface area (Å²) in [5.74, 6) is 3.82. The first-order valence-corrected chi connectivity index (χ1v) is 9.20. The highest BCUT2D eigenvalue weighted by Crippen LogP contribution is 2.59. The summed E-state index contributed by atoms with van der Waals surface area (Å²) in [7, 11) is 0. The van der Waals surface area contributed by atoms with Gasteiger partial charge in [0.25, 0.3) is 0 Å². The molecule has 120 valence electrons. The molecule has 0 aliphatic heterocycles. The zero-order valence-corrected chi connectivity index (χ0v) is 15.6. The molecular formula is C20H40. The molecule has 1 aliphatic carbocycles. The zero-order chi connectivity index (χ0) is 15.6. The predicted molar refractivity (Wildman–Crippen MR) is 91.9 cm³/mol. The van der Waals surface area contributed by atoms with Gasteiger partial charge in [-0.25, -0.2) is 0 Å². The van der Waals surface area contributed by atoms with Gasteiger partial charge < -0.3 is 0 Å². The van der Waals surface area contributed by atoms with Gasteiger partial charge in [-0.3, -0.25) is 0 Å². The Morgan fingerprint density at radius 3 is 2.00 bits per heavy atom. The summed E-state index contributed by atoms with van der Waals surface area (Å²) < 4.78 is 0. The fraction of sp³-hybridized carbons (Fsp3) is 1.00. The molecule has 0 aromatic heterocycles. The molecule has 0 spiro atoms. The normalized spacial score (nSPS) is 30.1. The summed E-state index contributed by atoms with van der Waals surface area (Å²) >= 11 is 0. The van der Waals surface area contributed by atoms with Gasteiger partial charge in [0.05, 0.1) is 0 Å². The van der Waals surface area contributed by atoms with Crippen LogP contribution in [-0.4, -0.2) is 0 Å². The topological polar surface area (TPSA) is 0 Å². The highest BCUT2D eigenvalue weighted by molar-refractivity contribution is 5.00. The second-order valence-corrected chi connectivity index (χ2v) is 8.91. The zero-order valence-electron chi connectivity index (χ0n) is 15.6. The molecule has 0 aromatic rings. The Morgan fingerprint density at radius 2 is 1.60 bits per heavy atom. The smallest absolute Gasteiger partial charge is 0.0292 e. The summed E-state index contributed by atoms with van der Waals surface area (Å²) in [6.45, 7) is 19.6. The maximum Gasteiger partial charge on any atom is -0.0292 e. The molecule has 0 aromatic carbocycles. The third-order valence-electron chi connectivity index (χ3n) is 6.54. The van der Waals surface area contributed by atoms with Crippen molar-refractivity contribution in [1.29, 1.82) is 0 Å². The van der Waals surface area contributed by atoms with Crippen molar-refractivity contribution in [1.82, 2.24) is 0 Å². The lowest BCUT2D eigenvalue weighted by Crippen LogP contribution is -2.49. The highest BCUT2D eigenvalue weighted by atomic mass is 14.6. The Hall–Kier alpha value is 0. The van der Waals surface area contributed by atoms with Crippen LogP contribution in [0.25, 0.3) is 0 Å². The Morgan fingerprint density at radius 1 is 1.00 bits per heavy atom. The molecule has 1 fully saturated rings. The largest absolute Gasteiger partial charge is 0.0654 e. The Labute approximate surface area is 129 Å². The van der Waals surface area contributed by atoms with E-state index in [1.807, 2.05) is 0 Å². The van der Waals surface area contributed by atoms with Gasteiger partial charge in [0.2, 0.25) is 0 Å². The van der Waals surface area contributed by atoms with E-state index in [-0.39, 0.29) is 0 Å². The summed E-state index contributed by atoms with van der Waals surface area (Å²) in [4.78, 5) is 0. The molecule has 20 heavy (non-hydrogen) atoms. The van der Waals surface area contributed by atoms with E-state index in [2.05, 4.69) is 55.4 Å². The molecule has 0 nitrogen and oxygen atoms in total. The molecule has 0 saturated heterocycles. The Kier molecular flexibility index (Phi) is 6.17. The Balaban J connectivity index is 2.84. The van der Waals surface area contributed by atoms with Gasteiger partial charge in [-0.2, -0.15) is 0 Å². The van der Waals surface area contributed by atoms with Crippen LogP contribution in [0.3, 0.4) is 0 Å². The molecular weight excluding hydrogens is 240 g/mol. The summed E-state index contributed by atoms with van der Waals surface area (Å²) in [5.41, 5.74) is 1.06. The second-order valence-electron chi connectivity index (χ2n) is 8.91. The summed E-state index contributed by atoms with van der Waals surface area (Å²) in [6, 6.07) is 0. The van der Waals surface area contributed by atoms with Crippen LogP contribution in [-0.2, 0) is 0 Å². The van der Waals surface area contributed by atoms with Crippen LogP contribution in [0.5, 0.6) is 0 Å². The minimum absolute atomic E-state index is 0.502. The number of rotatable bonds is 8. The molecule has 0 radical (unpaired) electrons. The van der Waals surface area contributed by atoms with Crippen molar-refractivity contribution in [3.05, 3.63) is 0 Å². The monoisotopic (exact) mass is 280 g/mol. The van der Waals surface area contributed by atoms with Crippen LogP contribution in [0.15, 0.2) is 0 Å². The molecule has 0 N–H and O–H groups in total. The van der Waals surface area contributed by atoms with Gasteiger partial charge in [-0.1, -0.05) is 81.1 Å². The van der Waals surface area contributed by atoms with Gasteiger partial charge in [-0.05, 0) is 47.3 Å². The van der Waals surface area contributed by atoms with Crippen LogP contribution >= 0.6 is 0 Å². The van der Waals surface area contributed by atoms with E-state index in [0.717, 1.165) is 23.7 Å². The minimum Gasteiger partial charge on any atom is -0.0654 e. The molecule has 0 amide bonds. The maximum absolute atomic E-state index is 2.59. The van der Waals surface area contributed by atoms with Crippen molar-refractivity contribution in [2.24, 2.45) is 34.5 Å². The van der Waals surface area contributed by atoms with Crippen molar-refractivity contribution >= 4 is 0 Å². The van der Waals surface area contributed by atoms with Gasteiger partial charge >= 0.3 is 0 Å². The van der Waals surface area contributed by atoms with Gasteiger partial charge in [0.1, 0.15) is 0 Å². The molecule has 4 atom stereocenters. The van der Waals surface area contributed by atoms with Gasteiger partial charge in [0.15, 0.2) is 0 Å². The van der Waals surface area contributed by atoms with Crippen LogP contribution in [0, 0.1) is 34.5 Å². The lowest BCUT2D eigenvalue weighted by molar-refractivity contribution is -0.0788. The minimum atomic E-state index is 0.502. The van der Waals surface area contributed by atoms with Crippen molar-refractivity contribution in [3.8, 4) is 0 Å². The molecule has 1 rings (SSSR count). The van der Waals surface area contributed by atoms with Crippen molar-refractivity contribution in [2.45, 2.75) is 93.9 Å². The fourth-order valence-electron chi connectivity index (χ4n) is 4.95. The number of hydrogen-bond donors (Lipinski definition) is 0. The van der Waals surface area contributed by atoms with E-state index in [0.29, 0.717) is 10.8 Å². The highest BCUT2D eigenvalue weighted by Gasteiger charge is 2.50. The van der Waals surface area contributed by atoms with Crippen LogP contribution in [0.4, 0.5) is 0 Å². The van der Waals surface area contributed by atoms with E-state index in [9.17, 15) is 0 Å². The first kappa shape index (κ1) is 18.1. The van der Waals surface area contributed by atoms with Crippen molar-refractivity contribution in [2.75, 3.05) is 0 Å². The average molecular weight is 281 g/mol. The van der Waals surface area contributed by atoms with Crippen molar-refractivity contribution in [3.63, 3.8) is 0 Å². The summed E-state index contributed by atoms with van der Waals surface area (Å²) in [5, 5.41) is 0. The Bertz CT molecular complexity index is 288. The van der Waals surface area contributed by atoms with E-state index in [4.69, 9.17) is 0 Å². The van der Waals surface area contributed by atoms with Gasteiger partial charge in [-0.15, -0.1) is 0 Å². The second kappa shape index (κ2) is 6.84. The molecule has 1 saturated carbocycles. The van der Waals surface area contributed by atoms with E-state index in [1.165, 1.54) is 38.5 Å². The fourth-order valence-corrected chi connectivity index (χ4v) is 4.95. The summed E-state index contributed by atoms with van der Waals surface area (Å²) in [6.07, 6.45) is 8.38. The lowest BCUT2D eigenvalue weighted by atomic mass is 9.48. The maximum atomic E-state index is 2.59. The SMILES string of the molecule is CCCC1CC(C(C)(CC)CC(C)(C)CC)C1C(C)C. The van der Waals surface area contributed by atoms with Crippen LogP contribution in [0.1, 0.15) is 93.9 Å². The average Bonchev–Trinajstić information content (AvgIpc) is 2.32. The first-order valence-electron chi connectivity index (χ1n) is 9.20. The third-order valence-corrected chi connectivity index (χ3v) is 6.54. The quantitative estimate of drug-likeness (QED) is 0.452.